The second-order valence-electron chi connectivity index (χ2n) is 7.24. The number of carboxylic acids is 2. The first-order valence-corrected chi connectivity index (χ1v) is 9.73. The van der Waals surface area contributed by atoms with Gasteiger partial charge >= 0.3 is 11.9 Å². The van der Waals surface area contributed by atoms with Crippen molar-refractivity contribution in [1.82, 2.24) is 4.90 Å². The predicted molar refractivity (Wildman–Crippen MR) is 109 cm³/mol. The van der Waals surface area contributed by atoms with Gasteiger partial charge in [0.25, 0.3) is 0 Å². The van der Waals surface area contributed by atoms with Crippen LogP contribution in [0.4, 0.5) is 0 Å². The van der Waals surface area contributed by atoms with E-state index >= 15 is 0 Å². The molecule has 0 radical (unpaired) electrons. The Hall–Kier alpha value is -2.16. The van der Waals surface area contributed by atoms with Crippen molar-refractivity contribution in [2.75, 3.05) is 39.5 Å². The minimum atomic E-state index is -1.82. The summed E-state index contributed by atoms with van der Waals surface area (Å²) in [5.41, 5.74) is 3.67. The van der Waals surface area contributed by atoms with Crippen LogP contribution in [0.25, 0.3) is 0 Å². The highest BCUT2D eigenvalue weighted by molar-refractivity contribution is 6.27. The Bertz CT molecular complexity index is 655. The highest BCUT2D eigenvalue weighted by Gasteiger charge is 2.21. The summed E-state index contributed by atoms with van der Waals surface area (Å²) < 4.78 is 17.4. The van der Waals surface area contributed by atoms with Crippen LogP contribution >= 0.6 is 0 Å². The number of aryl methyl sites for hydroxylation is 2. The monoisotopic (exact) mass is 411 g/mol. The zero-order chi connectivity index (χ0) is 22.0. The largest absolute Gasteiger partial charge is 0.491 e. The van der Waals surface area contributed by atoms with Gasteiger partial charge in [-0.3, -0.25) is 4.90 Å². The molecule has 8 nitrogen and oxygen atoms in total. The molecule has 1 aromatic carbocycles. The Kier molecular flexibility index (Phi) is 10.6. The van der Waals surface area contributed by atoms with E-state index in [0.29, 0.717) is 25.4 Å². The fourth-order valence-corrected chi connectivity index (χ4v) is 3.11. The molecule has 0 spiro atoms. The summed E-state index contributed by atoms with van der Waals surface area (Å²) in [6.07, 6.45) is 0.628. The van der Waals surface area contributed by atoms with Gasteiger partial charge in [0.2, 0.25) is 0 Å². The average molecular weight is 411 g/mol. The molecule has 1 aliphatic heterocycles. The summed E-state index contributed by atoms with van der Waals surface area (Å²) in [6.45, 7) is 15.5. The summed E-state index contributed by atoms with van der Waals surface area (Å²) in [7, 11) is 0. The summed E-state index contributed by atoms with van der Waals surface area (Å²) in [5.74, 6) is -2.64. The number of aliphatic carboxylic acids is 2. The van der Waals surface area contributed by atoms with E-state index in [9.17, 15) is 0 Å². The van der Waals surface area contributed by atoms with E-state index in [-0.39, 0.29) is 0 Å². The molecule has 2 unspecified atom stereocenters. The third-order valence-corrected chi connectivity index (χ3v) is 4.58. The molecule has 164 valence electrons. The van der Waals surface area contributed by atoms with Crippen molar-refractivity contribution >= 4 is 11.9 Å². The topological polar surface area (TPSA) is 106 Å². The van der Waals surface area contributed by atoms with Crippen LogP contribution in [0.15, 0.2) is 12.1 Å². The molecule has 2 rings (SSSR count). The smallest absolute Gasteiger partial charge is 0.414 e. The van der Waals surface area contributed by atoms with Gasteiger partial charge in [-0.1, -0.05) is 12.1 Å². The standard InChI is InChI=1S/C19H31NO3.C2H2O4/c1-14-6-7-15(2)19(18(14)5)22-11-10-21-9-8-20-12-16(3)23-17(4)13-20;3-1(4)2(5)6/h6-7,16-17H,8-13H2,1-5H3;(H,3,4)(H,5,6). The molecule has 0 bridgehead atoms. The second-order valence-corrected chi connectivity index (χ2v) is 7.24. The van der Waals surface area contributed by atoms with Crippen LogP contribution in [0.1, 0.15) is 30.5 Å². The molecule has 1 saturated heterocycles. The number of ether oxygens (including phenoxy) is 3. The van der Waals surface area contributed by atoms with Gasteiger partial charge in [-0.05, 0) is 51.3 Å². The van der Waals surface area contributed by atoms with Crippen LogP contribution in [0, 0.1) is 20.8 Å². The third-order valence-electron chi connectivity index (χ3n) is 4.58. The van der Waals surface area contributed by atoms with E-state index in [0.717, 1.165) is 32.0 Å². The zero-order valence-corrected chi connectivity index (χ0v) is 17.9. The zero-order valence-electron chi connectivity index (χ0n) is 17.9. The van der Waals surface area contributed by atoms with Crippen LogP contribution in [0.5, 0.6) is 5.75 Å². The third kappa shape index (κ3) is 9.25. The summed E-state index contributed by atoms with van der Waals surface area (Å²) >= 11 is 0. The molecule has 2 atom stereocenters. The number of benzene rings is 1. The molecule has 1 heterocycles. The van der Waals surface area contributed by atoms with Gasteiger partial charge in [-0.15, -0.1) is 0 Å². The lowest BCUT2D eigenvalue weighted by atomic mass is 10.1. The number of rotatable bonds is 7. The number of morpholine rings is 1. The molecule has 1 aromatic rings. The molecule has 0 amide bonds. The lowest BCUT2D eigenvalue weighted by Gasteiger charge is -2.35. The summed E-state index contributed by atoms with van der Waals surface area (Å²) in [4.78, 5) is 20.6. The van der Waals surface area contributed by atoms with Crippen LogP contribution in [-0.2, 0) is 19.1 Å². The van der Waals surface area contributed by atoms with Crippen molar-refractivity contribution in [1.29, 1.82) is 0 Å². The maximum atomic E-state index is 9.10. The van der Waals surface area contributed by atoms with Gasteiger partial charge in [0.15, 0.2) is 0 Å². The maximum absolute atomic E-state index is 9.10. The Morgan fingerprint density at radius 1 is 1.00 bits per heavy atom. The fraction of sp³-hybridized carbons (Fsp3) is 0.619. The number of carbonyl (C=O) groups is 2. The van der Waals surface area contributed by atoms with Crippen LogP contribution in [0.3, 0.4) is 0 Å². The Labute approximate surface area is 172 Å². The van der Waals surface area contributed by atoms with Crippen molar-refractivity contribution in [3.05, 3.63) is 28.8 Å². The van der Waals surface area contributed by atoms with Crippen molar-refractivity contribution in [2.45, 2.75) is 46.8 Å². The normalized spacial score (nSPS) is 19.2. The van der Waals surface area contributed by atoms with Crippen molar-refractivity contribution < 1.29 is 34.0 Å². The van der Waals surface area contributed by atoms with Gasteiger partial charge in [0, 0.05) is 19.6 Å². The quantitative estimate of drug-likeness (QED) is 0.520. The van der Waals surface area contributed by atoms with E-state index in [1.165, 1.54) is 16.7 Å². The van der Waals surface area contributed by atoms with E-state index in [1.54, 1.807) is 0 Å². The average Bonchev–Trinajstić information content (AvgIpc) is 2.63. The summed E-state index contributed by atoms with van der Waals surface area (Å²) in [5, 5.41) is 14.8. The molecular formula is C21H33NO7. The van der Waals surface area contributed by atoms with E-state index in [4.69, 9.17) is 34.0 Å². The number of carboxylic acid groups (broad SMARTS) is 2. The minimum Gasteiger partial charge on any atom is -0.491 e. The molecule has 1 fully saturated rings. The molecule has 0 aromatic heterocycles. The molecule has 1 aliphatic rings. The van der Waals surface area contributed by atoms with Crippen LogP contribution < -0.4 is 4.74 Å². The molecule has 2 N–H and O–H groups in total. The van der Waals surface area contributed by atoms with Gasteiger partial charge < -0.3 is 24.4 Å². The molecule has 0 aliphatic carbocycles. The Morgan fingerprint density at radius 3 is 2.10 bits per heavy atom. The van der Waals surface area contributed by atoms with Gasteiger partial charge in [0.05, 0.1) is 25.4 Å². The number of hydrogen-bond donors (Lipinski definition) is 2. The van der Waals surface area contributed by atoms with E-state index < -0.39 is 11.9 Å². The molecule has 29 heavy (non-hydrogen) atoms. The number of hydrogen-bond acceptors (Lipinski definition) is 6. The SMILES string of the molecule is Cc1ccc(C)c(OCCOCCN2CC(C)OC(C)C2)c1C.O=C(O)C(=O)O. The molecule has 8 heteroatoms. The first-order valence-electron chi connectivity index (χ1n) is 9.73. The Balaban J connectivity index is 0.000000612. The Morgan fingerprint density at radius 2 is 1.55 bits per heavy atom. The van der Waals surface area contributed by atoms with Crippen molar-refractivity contribution in [2.24, 2.45) is 0 Å². The minimum absolute atomic E-state index is 0.314. The van der Waals surface area contributed by atoms with Crippen molar-refractivity contribution in [3.8, 4) is 5.75 Å². The maximum Gasteiger partial charge on any atom is 0.414 e. The first-order chi connectivity index (χ1) is 13.6. The highest BCUT2D eigenvalue weighted by Crippen LogP contribution is 2.25. The molecule has 0 saturated carbocycles. The van der Waals surface area contributed by atoms with Gasteiger partial charge in [0.1, 0.15) is 12.4 Å². The highest BCUT2D eigenvalue weighted by atomic mass is 16.5. The van der Waals surface area contributed by atoms with Crippen molar-refractivity contribution in [3.63, 3.8) is 0 Å². The first kappa shape index (κ1) is 24.9. The van der Waals surface area contributed by atoms with Crippen LogP contribution in [-0.4, -0.2) is 78.7 Å². The van der Waals surface area contributed by atoms with E-state index in [2.05, 4.69) is 51.7 Å². The van der Waals surface area contributed by atoms with Gasteiger partial charge in [-0.2, -0.15) is 0 Å². The lowest BCUT2D eigenvalue weighted by molar-refractivity contribution is -0.159. The van der Waals surface area contributed by atoms with Crippen LogP contribution in [0.2, 0.25) is 0 Å². The summed E-state index contributed by atoms with van der Waals surface area (Å²) in [6, 6.07) is 4.25. The molecular weight excluding hydrogens is 378 g/mol. The van der Waals surface area contributed by atoms with Gasteiger partial charge in [-0.25, -0.2) is 9.59 Å². The number of nitrogens with zero attached hydrogens (tertiary/aromatic N) is 1. The lowest BCUT2D eigenvalue weighted by Crippen LogP contribution is -2.46. The predicted octanol–water partition coefficient (Wildman–Crippen LogP) is 2.27. The second kappa shape index (κ2) is 12.4. The van der Waals surface area contributed by atoms with E-state index in [1.807, 2.05) is 0 Å². The fourth-order valence-electron chi connectivity index (χ4n) is 3.11.